The van der Waals surface area contributed by atoms with Crippen LogP contribution in [-0.2, 0) is 14.3 Å². The second kappa shape index (κ2) is 6.47. The molecular weight excluding hydrogens is 228 g/mol. The van der Waals surface area contributed by atoms with E-state index >= 15 is 0 Å². The van der Waals surface area contributed by atoms with Crippen LogP contribution in [0.3, 0.4) is 0 Å². The molecule has 0 radical (unpaired) electrons. The number of hydrogen-bond donors (Lipinski definition) is 1. The van der Waals surface area contributed by atoms with Crippen molar-refractivity contribution in [3.63, 3.8) is 0 Å². The van der Waals surface area contributed by atoms with Crippen LogP contribution in [0.15, 0.2) is 0 Å². The molecule has 94 valence electrons. The first-order valence-electron chi connectivity index (χ1n) is 5.63. The molecule has 4 nitrogen and oxygen atoms in total. The van der Waals surface area contributed by atoms with Crippen LogP contribution in [-0.4, -0.2) is 41.1 Å². The van der Waals surface area contributed by atoms with Gasteiger partial charge in [-0.3, -0.25) is 4.79 Å². The van der Waals surface area contributed by atoms with Gasteiger partial charge in [-0.15, -0.1) is 11.8 Å². The van der Waals surface area contributed by atoms with Gasteiger partial charge in [-0.05, 0) is 33.1 Å². The molecule has 0 aromatic rings. The van der Waals surface area contributed by atoms with Crippen LogP contribution < -0.4 is 0 Å². The molecule has 0 amide bonds. The predicted molar refractivity (Wildman–Crippen MR) is 63.7 cm³/mol. The number of hydrogen-bond acceptors (Lipinski definition) is 4. The van der Waals surface area contributed by atoms with Gasteiger partial charge in [0.15, 0.2) is 6.29 Å². The van der Waals surface area contributed by atoms with E-state index in [0.29, 0.717) is 12.4 Å². The molecule has 0 aliphatic carbocycles. The Labute approximate surface area is 101 Å². The largest absolute Gasteiger partial charge is 0.480 e. The average molecular weight is 248 g/mol. The minimum atomic E-state index is -0.786. The number of ether oxygens (including phenoxy) is 2. The van der Waals surface area contributed by atoms with Crippen molar-refractivity contribution in [3.8, 4) is 0 Å². The summed E-state index contributed by atoms with van der Waals surface area (Å²) in [7, 11) is 0. The Morgan fingerprint density at radius 3 is 2.88 bits per heavy atom. The Hall–Kier alpha value is -0.260. The number of thioether (sulfide) groups is 1. The third-order valence-electron chi connectivity index (χ3n) is 2.50. The van der Waals surface area contributed by atoms with Crippen LogP contribution in [0.2, 0.25) is 0 Å². The molecule has 1 unspecified atom stereocenters. The monoisotopic (exact) mass is 248 g/mol. The van der Waals surface area contributed by atoms with Crippen LogP contribution >= 0.6 is 11.8 Å². The molecular formula is C11H20O4S. The average Bonchev–Trinajstić information content (AvgIpc) is 2.26. The minimum absolute atomic E-state index is 0.0812. The maximum absolute atomic E-state index is 10.8. The Morgan fingerprint density at radius 1 is 1.56 bits per heavy atom. The van der Waals surface area contributed by atoms with E-state index in [1.165, 1.54) is 11.8 Å². The zero-order chi connectivity index (χ0) is 12.0. The van der Waals surface area contributed by atoms with E-state index in [2.05, 4.69) is 0 Å². The van der Waals surface area contributed by atoms with E-state index in [9.17, 15) is 4.79 Å². The predicted octanol–water partition coefficient (Wildman–Crippen LogP) is 2.13. The molecule has 5 heteroatoms. The van der Waals surface area contributed by atoms with Crippen molar-refractivity contribution in [2.75, 3.05) is 19.0 Å². The summed E-state index contributed by atoms with van der Waals surface area (Å²) in [6.45, 7) is 4.73. The fourth-order valence-electron chi connectivity index (χ4n) is 1.38. The summed E-state index contributed by atoms with van der Waals surface area (Å²) in [6, 6.07) is 0. The SMILES string of the molecule is CC(C)(SCCOC1CCCCO1)C(=O)O. The zero-order valence-corrected chi connectivity index (χ0v) is 10.7. The summed E-state index contributed by atoms with van der Waals surface area (Å²) >= 11 is 1.40. The van der Waals surface area contributed by atoms with Crippen LogP contribution in [0, 0.1) is 0 Å². The fourth-order valence-corrected chi connectivity index (χ4v) is 2.19. The highest BCUT2D eigenvalue weighted by Gasteiger charge is 2.27. The zero-order valence-electron chi connectivity index (χ0n) is 9.90. The number of carbonyl (C=O) groups is 1. The fraction of sp³-hybridized carbons (Fsp3) is 0.909. The van der Waals surface area contributed by atoms with Crippen molar-refractivity contribution >= 4 is 17.7 Å². The molecule has 1 saturated heterocycles. The second-order valence-electron chi connectivity index (χ2n) is 4.33. The molecule has 1 rings (SSSR count). The molecule has 0 saturated carbocycles. The molecule has 1 aliphatic heterocycles. The maximum Gasteiger partial charge on any atom is 0.319 e. The van der Waals surface area contributed by atoms with Crippen LogP contribution in [0.25, 0.3) is 0 Å². The van der Waals surface area contributed by atoms with Gasteiger partial charge in [0.05, 0.1) is 6.61 Å². The van der Waals surface area contributed by atoms with Gasteiger partial charge in [-0.1, -0.05) is 0 Å². The highest BCUT2D eigenvalue weighted by atomic mass is 32.2. The van der Waals surface area contributed by atoms with Crippen molar-refractivity contribution in [2.45, 2.75) is 44.1 Å². The quantitative estimate of drug-likeness (QED) is 0.730. The lowest BCUT2D eigenvalue weighted by molar-refractivity contribution is -0.158. The molecule has 0 aromatic carbocycles. The first kappa shape index (κ1) is 13.8. The molecule has 0 spiro atoms. The number of carboxylic acids is 1. The third kappa shape index (κ3) is 4.72. The lowest BCUT2D eigenvalue weighted by Crippen LogP contribution is -2.29. The van der Waals surface area contributed by atoms with Crippen molar-refractivity contribution in [2.24, 2.45) is 0 Å². The van der Waals surface area contributed by atoms with E-state index in [4.69, 9.17) is 14.6 Å². The first-order valence-corrected chi connectivity index (χ1v) is 6.61. The standard InChI is InChI=1S/C11H20O4S/c1-11(2,10(12)13)16-8-7-15-9-5-3-4-6-14-9/h9H,3-8H2,1-2H3,(H,12,13). The van der Waals surface area contributed by atoms with Crippen molar-refractivity contribution in [3.05, 3.63) is 0 Å². The van der Waals surface area contributed by atoms with Gasteiger partial charge in [-0.2, -0.15) is 0 Å². The molecule has 0 aromatic heterocycles. The van der Waals surface area contributed by atoms with Gasteiger partial charge in [0.25, 0.3) is 0 Å². The molecule has 1 aliphatic rings. The maximum atomic E-state index is 10.8. The Kier molecular flexibility index (Phi) is 5.58. The summed E-state index contributed by atoms with van der Waals surface area (Å²) < 4.78 is 10.2. The molecule has 0 bridgehead atoms. The molecule has 16 heavy (non-hydrogen) atoms. The molecule has 1 fully saturated rings. The van der Waals surface area contributed by atoms with Crippen LogP contribution in [0.1, 0.15) is 33.1 Å². The van der Waals surface area contributed by atoms with E-state index < -0.39 is 10.7 Å². The lowest BCUT2D eigenvalue weighted by Gasteiger charge is -2.23. The normalized spacial score (nSPS) is 22.0. The summed E-state index contributed by atoms with van der Waals surface area (Å²) in [5.41, 5.74) is 0. The second-order valence-corrected chi connectivity index (χ2v) is 6.05. The molecule has 1 heterocycles. The van der Waals surface area contributed by atoms with E-state index in [1.54, 1.807) is 13.8 Å². The first-order chi connectivity index (χ1) is 7.52. The molecule has 1 N–H and O–H groups in total. The van der Waals surface area contributed by atoms with Gasteiger partial charge in [0.1, 0.15) is 4.75 Å². The highest BCUT2D eigenvalue weighted by Crippen LogP contribution is 2.24. The van der Waals surface area contributed by atoms with E-state index in [-0.39, 0.29) is 6.29 Å². The topological polar surface area (TPSA) is 55.8 Å². The smallest absolute Gasteiger partial charge is 0.319 e. The summed E-state index contributed by atoms with van der Waals surface area (Å²) in [5, 5.41) is 8.90. The van der Waals surface area contributed by atoms with Crippen LogP contribution in [0.4, 0.5) is 0 Å². The summed E-state index contributed by atoms with van der Waals surface area (Å²) in [5.74, 6) is -0.106. The van der Waals surface area contributed by atoms with Gasteiger partial charge in [0.2, 0.25) is 0 Å². The van der Waals surface area contributed by atoms with Gasteiger partial charge >= 0.3 is 5.97 Å². The number of aliphatic carboxylic acids is 1. The summed E-state index contributed by atoms with van der Waals surface area (Å²) in [4.78, 5) is 10.8. The van der Waals surface area contributed by atoms with Gasteiger partial charge in [-0.25, -0.2) is 0 Å². The third-order valence-corrected chi connectivity index (χ3v) is 3.77. The summed E-state index contributed by atoms with van der Waals surface area (Å²) in [6.07, 6.45) is 3.13. The minimum Gasteiger partial charge on any atom is -0.480 e. The molecule has 1 atom stereocenters. The van der Waals surface area contributed by atoms with Crippen LogP contribution in [0.5, 0.6) is 0 Å². The van der Waals surface area contributed by atoms with Crippen molar-refractivity contribution in [1.82, 2.24) is 0 Å². The number of carboxylic acid groups (broad SMARTS) is 1. The Balaban J connectivity index is 2.09. The van der Waals surface area contributed by atoms with Gasteiger partial charge < -0.3 is 14.6 Å². The lowest BCUT2D eigenvalue weighted by atomic mass is 10.2. The highest BCUT2D eigenvalue weighted by molar-refractivity contribution is 8.01. The Bertz CT molecular complexity index is 224. The van der Waals surface area contributed by atoms with Crippen molar-refractivity contribution < 1.29 is 19.4 Å². The van der Waals surface area contributed by atoms with Crippen molar-refractivity contribution in [1.29, 1.82) is 0 Å². The van der Waals surface area contributed by atoms with Gasteiger partial charge in [0, 0.05) is 12.4 Å². The van der Waals surface area contributed by atoms with E-state index in [0.717, 1.165) is 25.9 Å². The van der Waals surface area contributed by atoms with E-state index in [1.807, 2.05) is 0 Å². The number of rotatable bonds is 6. The Morgan fingerprint density at radius 2 is 2.31 bits per heavy atom.